The quantitative estimate of drug-likeness (QED) is 0.344. The molecule has 1 aromatic carbocycles. The van der Waals surface area contributed by atoms with E-state index in [0.717, 1.165) is 12.8 Å². The molecule has 0 aromatic heterocycles. The maximum atomic E-state index is 11.9. The van der Waals surface area contributed by atoms with Gasteiger partial charge < -0.3 is 24.9 Å². The van der Waals surface area contributed by atoms with Gasteiger partial charge in [-0.05, 0) is 30.5 Å². The molecule has 2 rings (SSSR count). The van der Waals surface area contributed by atoms with Gasteiger partial charge in [-0.1, -0.05) is 12.1 Å². The van der Waals surface area contributed by atoms with Crippen molar-refractivity contribution in [2.45, 2.75) is 25.5 Å². The number of likely N-dealkylation sites (tertiary alicyclic amines) is 1. The van der Waals surface area contributed by atoms with E-state index >= 15 is 0 Å². The second kappa shape index (κ2) is 8.83. The molecule has 1 aliphatic heterocycles. The van der Waals surface area contributed by atoms with E-state index in [1.165, 1.54) is 12.1 Å². The van der Waals surface area contributed by atoms with Gasteiger partial charge in [0.15, 0.2) is 6.61 Å². The van der Waals surface area contributed by atoms with Crippen molar-refractivity contribution in [3.8, 4) is 5.75 Å². The molecule has 1 heterocycles. The molecule has 0 radical (unpaired) electrons. The summed E-state index contributed by atoms with van der Waals surface area (Å²) in [5.41, 5.74) is 6.21. The van der Waals surface area contributed by atoms with Crippen LogP contribution in [0.3, 0.4) is 0 Å². The SMILES string of the molecule is NC1CCN(C(=O)COC(=O)Oc2cccc(CO[N+](=O)[O-])c2)CC1. The van der Waals surface area contributed by atoms with Crippen molar-refractivity contribution in [1.82, 2.24) is 4.90 Å². The first kappa shape index (κ1) is 18.5. The average Bonchev–Trinajstić information content (AvgIpc) is 2.59. The second-order valence-corrected chi connectivity index (χ2v) is 5.50. The lowest BCUT2D eigenvalue weighted by atomic mass is 10.1. The number of carbonyl (C=O) groups excluding carboxylic acids is 2. The number of hydrogen-bond acceptors (Lipinski definition) is 8. The average molecular weight is 353 g/mol. The van der Waals surface area contributed by atoms with Crippen LogP contribution in [0.25, 0.3) is 0 Å². The second-order valence-electron chi connectivity index (χ2n) is 5.50. The van der Waals surface area contributed by atoms with Crippen molar-refractivity contribution in [1.29, 1.82) is 0 Å². The number of benzene rings is 1. The zero-order chi connectivity index (χ0) is 18.2. The molecular formula is C15H19N3O7. The molecule has 2 N–H and O–H groups in total. The minimum Gasteiger partial charge on any atom is -0.424 e. The van der Waals surface area contributed by atoms with Crippen LogP contribution in [-0.4, -0.2) is 47.8 Å². The largest absolute Gasteiger partial charge is 0.514 e. The molecule has 10 heteroatoms. The molecule has 0 unspecified atom stereocenters. The van der Waals surface area contributed by atoms with Crippen LogP contribution >= 0.6 is 0 Å². The fourth-order valence-electron chi connectivity index (χ4n) is 2.31. The lowest BCUT2D eigenvalue weighted by Gasteiger charge is -2.29. The molecule has 0 atom stereocenters. The normalized spacial score (nSPS) is 14.7. The van der Waals surface area contributed by atoms with Gasteiger partial charge in [-0.25, -0.2) is 4.79 Å². The van der Waals surface area contributed by atoms with Crippen molar-refractivity contribution < 1.29 is 29.0 Å². The predicted octanol–water partition coefficient (Wildman–Crippen LogP) is 0.860. The lowest BCUT2D eigenvalue weighted by molar-refractivity contribution is -0.763. The number of hydrogen-bond donors (Lipinski definition) is 1. The van der Waals surface area contributed by atoms with E-state index in [9.17, 15) is 19.7 Å². The van der Waals surface area contributed by atoms with Gasteiger partial charge in [0.05, 0.1) is 0 Å². The molecule has 1 amide bonds. The number of nitrogens with zero attached hydrogens (tertiary/aromatic N) is 2. The first-order valence-electron chi connectivity index (χ1n) is 7.68. The number of nitrogens with two attached hydrogens (primary N) is 1. The minimum atomic E-state index is -1.03. The van der Waals surface area contributed by atoms with Crippen molar-refractivity contribution in [2.24, 2.45) is 5.73 Å². The van der Waals surface area contributed by atoms with E-state index < -0.39 is 17.8 Å². The van der Waals surface area contributed by atoms with Crippen molar-refractivity contribution in [3.05, 3.63) is 39.9 Å². The Morgan fingerprint density at radius 3 is 2.72 bits per heavy atom. The Hall–Kier alpha value is -2.88. The number of carbonyl (C=O) groups is 2. The summed E-state index contributed by atoms with van der Waals surface area (Å²) < 4.78 is 9.74. The highest BCUT2D eigenvalue weighted by molar-refractivity contribution is 5.79. The van der Waals surface area contributed by atoms with Crippen molar-refractivity contribution in [2.75, 3.05) is 19.7 Å². The summed E-state index contributed by atoms with van der Waals surface area (Å²) in [5.74, 6) is -0.178. The number of ether oxygens (including phenoxy) is 2. The third kappa shape index (κ3) is 6.26. The molecule has 1 aliphatic rings. The predicted molar refractivity (Wildman–Crippen MR) is 84.0 cm³/mol. The summed E-state index contributed by atoms with van der Waals surface area (Å²) >= 11 is 0. The Labute approximate surface area is 143 Å². The van der Waals surface area contributed by atoms with Gasteiger partial charge in [0.2, 0.25) is 0 Å². The van der Waals surface area contributed by atoms with E-state index in [2.05, 4.69) is 4.84 Å². The number of rotatable bonds is 6. The third-order valence-electron chi connectivity index (χ3n) is 3.64. The van der Waals surface area contributed by atoms with Gasteiger partial charge in [-0.2, -0.15) is 0 Å². The monoisotopic (exact) mass is 353 g/mol. The zero-order valence-electron chi connectivity index (χ0n) is 13.5. The van der Waals surface area contributed by atoms with Crippen LogP contribution in [0.2, 0.25) is 0 Å². The van der Waals surface area contributed by atoms with Gasteiger partial charge in [0.1, 0.15) is 12.4 Å². The topological polar surface area (TPSA) is 134 Å². The molecule has 136 valence electrons. The van der Waals surface area contributed by atoms with E-state index in [1.54, 1.807) is 17.0 Å². The molecule has 1 aromatic rings. The standard InChI is InChI=1S/C15H19N3O7/c16-12-4-6-17(7-5-12)14(19)10-23-15(20)25-13-3-1-2-11(8-13)9-24-18(21)22/h1-3,8,12H,4-7,9-10,16H2. The van der Waals surface area contributed by atoms with Crippen LogP contribution in [0.15, 0.2) is 24.3 Å². The minimum absolute atomic E-state index is 0.0986. The lowest BCUT2D eigenvalue weighted by Crippen LogP contribution is -2.44. The van der Waals surface area contributed by atoms with Gasteiger partial charge in [0.25, 0.3) is 11.0 Å². The fourth-order valence-corrected chi connectivity index (χ4v) is 2.31. The highest BCUT2D eigenvalue weighted by Crippen LogP contribution is 2.15. The van der Waals surface area contributed by atoms with Gasteiger partial charge in [-0.15, -0.1) is 10.1 Å². The van der Waals surface area contributed by atoms with Crippen molar-refractivity contribution in [3.63, 3.8) is 0 Å². The Balaban J connectivity index is 1.77. The highest BCUT2D eigenvalue weighted by atomic mass is 16.9. The zero-order valence-corrected chi connectivity index (χ0v) is 13.5. The molecular weight excluding hydrogens is 334 g/mol. The van der Waals surface area contributed by atoms with Crippen LogP contribution in [0.5, 0.6) is 5.75 Å². The summed E-state index contributed by atoms with van der Waals surface area (Å²) in [6.07, 6.45) is 0.402. The number of piperidine rings is 1. The molecule has 0 spiro atoms. The summed E-state index contributed by atoms with van der Waals surface area (Å²) in [4.78, 5) is 39.6. The molecule has 1 fully saturated rings. The van der Waals surface area contributed by atoms with Gasteiger partial charge in [-0.3, -0.25) is 4.79 Å². The molecule has 0 saturated carbocycles. The molecule has 10 nitrogen and oxygen atoms in total. The third-order valence-corrected chi connectivity index (χ3v) is 3.64. The highest BCUT2D eigenvalue weighted by Gasteiger charge is 2.21. The maximum Gasteiger partial charge on any atom is 0.514 e. The first-order valence-corrected chi connectivity index (χ1v) is 7.68. The Morgan fingerprint density at radius 2 is 2.04 bits per heavy atom. The molecule has 25 heavy (non-hydrogen) atoms. The Bertz CT molecular complexity index is 629. The number of amides is 1. The molecule has 0 aliphatic carbocycles. The summed E-state index contributed by atoms with van der Waals surface area (Å²) in [6, 6.07) is 6.10. The maximum absolute atomic E-state index is 11.9. The van der Waals surface area contributed by atoms with Gasteiger partial charge >= 0.3 is 6.16 Å². The summed E-state index contributed by atoms with van der Waals surface area (Å²) in [5, 5.41) is 9.25. The summed E-state index contributed by atoms with van der Waals surface area (Å²) in [7, 11) is 0. The van der Waals surface area contributed by atoms with E-state index in [0.29, 0.717) is 18.7 Å². The van der Waals surface area contributed by atoms with E-state index in [-0.39, 0.29) is 24.3 Å². The molecule has 1 saturated heterocycles. The van der Waals surface area contributed by atoms with Crippen LogP contribution in [0.1, 0.15) is 18.4 Å². The Morgan fingerprint density at radius 1 is 1.32 bits per heavy atom. The van der Waals surface area contributed by atoms with Crippen LogP contribution in [0, 0.1) is 10.1 Å². The fraction of sp³-hybridized carbons (Fsp3) is 0.467. The smallest absolute Gasteiger partial charge is 0.424 e. The van der Waals surface area contributed by atoms with E-state index in [4.69, 9.17) is 15.2 Å². The summed E-state index contributed by atoms with van der Waals surface area (Å²) in [6.45, 7) is 0.390. The van der Waals surface area contributed by atoms with E-state index in [1.807, 2.05) is 0 Å². The Kier molecular flexibility index (Phi) is 6.52. The van der Waals surface area contributed by atoms with Crippen LogP contribution in [0.4, 0.5) is 4.79 Å². The first-order chi connectivity index (χ1) is 11.9. The van der Waals surface area contributed by atoms with Crippen molar-refractivity contribution >= 4 is 12.1 Å². The van der Waals surface area contributed by atoms with Crippen LogP contribution < -0.4 is 10.5 Å². The van der Waals surface area contributed by atoms with Crippen LogP contribution in [-0.2, 0) is 21.0 Å². The molecule has 0 bridgehead atoms. The van der Waals surface area contributed by atoms with Gasteiger partial charge in [0, 0.05) is 19.1 Å².